The Bertz CT molecular complexity index is 1490. The number of carbonyl (C=O) groups is 2. The van der Waals surface area contributed by atoms with Crippen molar-refractivity contribution in [3.63, 3.8) is 0 Å². The average Bonchev–Trinajstić information content (AvgIpc) is 3.36. The first-order valence-electron chi connectivity index (χ1n) is 29.9. The van der Waals surface area contributed by atoms with Gasteiger partial charge in [0.05, 0.1) is 6.61 Å². The summed E-state index contributed by atoms with van der Waals surface area (Å²) in [5.74, 6) is 0.478. The van der Waals surface area contributed by atoms with Gasteiger partial charge in [-0.2, -0.15) is 0 Å². The Morgan fingerprint density at radius 2 is 1.00 bits per heavy atom. The van der Waals surface area contributed by atoms with Crippen LogP contribution in [-0.2, 0) is 23.5 Å². The number of esters is 2. The summed E-state index contributed by atoms with van der Waals surface area (Å²) in [6, 6.07) is 22.3. The molecule has 0 amide bonds. The Kier molecular flexibility index (Phi) is 34.5. The van der Waals surface area contributed by atoms with E-state index in [0.717, 1.165) is 77.4 Å². The Morgan fingerprint density at radius 1 is 0.557 bits per heavy atom. The van der Waals surface area contributed by atoms with Crippen molar-refractivity contribution < 1.29 is 23.5 Å². The number of benzene rings is 2. The molecule has 0 heterocycles. The third-order valence-corrected chi connectivity index (χ3v) is 20.7. The van der Waals surface area contributed by atoms with Gasteiger partial charge in [-0.25, -0.2) is 0 Å². The third-order valence-electron chi connectivity index (χ3n) is 15.6. The summed E-state index contributed by atoms with van der Waals surface area (Å²) in [6.45, 7) is 13.9. The minimum absolute atomic E-state index is 0.00222. The van der Waals surface area contributed by atoms with Crippen molar-refractivity contribution in [2.45, 2.75) is 283 Å². The van der Waals surface area contributed by atoms with E-state index in [1.54, 1.807) is 0 Å². The topological polar surface area (TPSA) is 65.1 Å². The van der Waals surface area contributed by atoms with Crippen molar-refractivity contribution in [2.75, 3.05) is 26.8 Å². The fraction of sp³-hybridized carbons (Fsp3) is 0.778. The molecule has 2 unspecified atom stereocenters. The van der Waals surface area contributed by atoms with Crippen LogP contribution in [0.15, 0.2) is 60.7 Å². The lowest BCUT2D eigenvalue weighted by Crippen LogP contribution is -2.66. The van der Waals surface area contributed by atoms with E-state index in [9.17, 15) is 9.59 Å². The molecule has 0 radical (unpaired) electrons. The fourth-order valence-corrected chi connectivity index (χ4v) is 15.8. The zero-order chi connectivity index (χ0) is 50.4. The predicted octanol–water partition coefficient (Wildman–Crippen LogP) is 17.0. The monoisotopic (exact) mass is 988 g/mol. The molecule has 0 aromatic heterocycles. The van der Waals surface area contributed by atoms with Gasteiger partial charge in [-0.05, 0) is 112 Å². The van der Waals surface area contributed by atoms with Gasteiger partial charge < -0.3 is 18.8 Å². The Labute approximate surface area is 433 Å². The molecule has 1 aliphatic carbocycles. The van der Waals surface area contributed by atoms with Gasteiger partial charge in [0.2, 0.25) is 0 Å². The van der Waals surface area contributed by atoms with E-state index in [2.05, 4.69) is 107 Å². The molecule has 2 aromatic rings. The number of ether oxygens (including phenoxy) is 2. The molecule has 70 heavy (non-hydrogen) atoms. The Morgan fingerprint density at radius 3 is 1.50 bits per heavy atom. The number of rotatable bonds is 34. The van der Waals surface area contributed by atoms with Crippen LogP contribution < -0.4 is 10.4 Å². The number of hydrogen-bond donors (Lipinski definition) is 0. The standard InChI is InChI=1S/C63H109NO5Si/c1-7-9-11-13-22-28-42-56(41-27-12-10-8-2)55-67-61(65)51-37-35-43-57(44-36-38-52-62(66)69-58-45-29-23-20-18-16-14-15-17-19-21-24-30-46-58)64(6)53-39-40-54-68-70(63(3,4)5,59-47-31-25-32-48-59)60-49-33-26-34-50-60/h25-26,31-34,47-50,56-58H,7-24,27-30,35-46,51-55H2,1-6H3. The predicted molar refractivity (Wildman–Crippen MR) is 302 cm³/mol. The molecule has 1 saturated carbocycles. The van der Waals surface area contributed by atoms with Gasteiger partial charge in [0.15, 0.2) is 0 Å². The highest BCUT2D eigenvalue weighted by molar-refractivity contribution is 6.99. The van der Waals surface area contributed by atoms with Crippen LogP contribution in [0.3, 0.4) is 0 Å². The fourth-order valence-electron chi connectivity index (χ4n) is 11.2. The van der Waals surface area contributed by atoms with Crippen LogP contribution in [0.1, 0.15) is 266 Å². The van der Waals surface area contributed by atoms with E-state index in [4.69, 9.17) is 13.9 Å². The summed E-state index contributed by atoms with van der Waals surface area (Å²) in [7, 11) is -0.279. The van der Waals surface area contributed by atoms with Gasteiger partial charge in [-0.3, -0.25) is 9.59 Å². The highest BCUT2D eigenvalue weighted by Crippen LogP contribution is 2.37. The van der Waals surface area contributed by atoms with E-state index in [-0.39, 0.29) is 23.1 Å². The second-order valence-electron chi connectivity index (χ2n) is 22.7. The summed E-state index contributed by atoms with van der Waals surface area (Å²) < 4.78 is 19.4. The molecule has 0 saturated heterocycles. The second-order valence-corrected chi connectivity index (χ2v) is 27.0. The molecular formula is C63H109NO5Si. The molecule has 0 spiro atoms. The van der Waals surface area contributed by atoms with Crippen LogP contribution in [0.4, 0.5) is 0 Å². The first kappa shape index (κ1) is 61.8. The zero-order valence-electron chi connectivity index (χ0n) is 46.6. The smallest absolute Gasteiger partial charge is 0.306 e. The van der Waals surface area contributed by atoms with Gasteiger partial charge >= 0.3 is 11.9 Å². The van der Waals surface area contributed by atoms with E-state index in [1.165, 1.54) is 164 Å². The average molecular weight is 989 g/mol. The minimum atomic E-state index is -2.57. The summed E-state index contributed by atoms with van der Waals surface area (Å²) >= 11 is 0. The van der Waals surface area contributed by atoms with Crippen molar-refractivity contribution >= 4 is 30.6 Å². The maximum Gasteiger partial charge on any atom is 0.306 e. The maximum absolute atomic E-state index is 13.3. The molecule has 6 nitrogen and oxygen atoms in total. The van der Waals surface area contributed by atoms with Gasteiger partial charge in [0.1, 0.15) is 6.10 Å². The van der Waals surface area contributed by atoms with Crippen LogP contribution in [0.5, 0.6) is 0 Å². The molecule has 2 aromatic carbocycles. The van der Waals surface area contributed by atoms with Crippen molar-refractivity contribution in [1.82, 2.24) is 4.90 Å². The van der Waals surface area contributed by atoms with Gasteiger partial charge in [-0.1, -0.05) is 237 Å². The minimum Gasteiger partial charge on any atom is -0.465 e. The molecule has 0 N–H and O–H groups in total. The molecule has 0 aliphatic heterocycles. The second kappa shape index (κ2) is 39.0. The maximum atomic E-state index is 13.3. The Hall–Kier alpha value is -2.48. The van der Waals surface area contributed by atoms with Crippen molar-refractivity contribution in [3.8, 4) is 0 Å². The van der Waals surface area contributed by atoms with E-state index in [0.29, 0.717) is 31.4 Å². The summed E-state index contributed by atoms with van der Waals surface area (Å²) in [4.78, 5) is 29.0. The highest BCUT2D eigenvalue weighted by atomic mass is 28.4. The van der Waals surface area contributed by atoms with Crippen LogP contribution in [0.2, 0.25) is 5.04 Å². The molecule has 7 heteroatoms. The molecule has 1 fully saturated rings. The highest BCUT2D eigenvalue weighted by Gasteiger charge is 2.50. The lowest BCUT2D eigenvalue weighted by molar-refractivity contribution is -0.150. The first-order valence-corrected chi connectivity index (χ1v) is 31.8. The third kappa shape index (κ3) is 26.5. The zero-order valence-corrected chi connectivity index (χ0v) is 47.6. The van der Waals surface area contributed by atoms with E-state index < -0.39 is 8.32 Å². The van der Waals surface area contributed by atoms with Crippen molar-refractivity contribution in [1.29, 1.82) is 0 Å². The lowest BCUT2D eigenvalue weighted by atomic mass is 9.95. The number of carbonyl (C=O) groups excluding carboxylic acids is 2. The van der Waals surface area contributed by atoms with E-state index in [1.807, 2.05) is 0 Å². The summed E-state index contributed by atoms with van der Waals surface area (Å²) in [5.41, 5.74) is 0. The lowest BCUT2D eigenvalue weighted by Gasteiger charge is -2.43. The SMILES string of the molecule is CCCCCCCCC(CCCCCC)COC(=O)CCCCC(CCCCC(=O)OC1CCCCCCCCCCCCCC1)N(C)CCCCO[Si](c1ccccc1)(c1ccccc1)C(C)(C)C. The molecule has 400 valence electrons. The normalized spacial score (nSPS) is 16.0. The van der Waals surface area contributed by atoms with Crippen LogP contribution in [0.25, 0.3) is 0 Å². The molecule has 3 rings (SSSR count). The summed E-state index contributed by atoms with van der Waals surface area (Å²) in [6.07, 6.45) is 42.1. The van der Waals surface area contributed by atoms with Crippen molar-refractivity contribution in [3.05, 3.63) is 60.7 Å². The number of unbranched alkanes of at least 4 members (excludes halogenated alkanes) is 11. The van der Waals surface area contributed by atoms with Gasteiger partial charge in [0, 0.05) is 25.5 Å². The van der Waals surface area contributed by atoms with Gasteiger partial charge in [0.25, 0.3) is 8.32 Å². The molecule has 0 bridgehead atoms. The number of nitrogens with zero attached hydrogens (tertiary/aromatic N) is 1. The number of hydrogen-bond acceptors (Lipinski definition) is 6. The summed E-state index contributed by atoms with van der Waals surface area (Å²) in [5, 5.41) is 2.62. The first-order chi connectivity index (χ1) is 34.1. The Balaban J connectivity index is 1.56. The van der Waals surface area contributed by atoms with Crippen LogP contribution in [0, 0.1) is 5.92 Å². The molecule has 2 atom stereocenters. The molecule has 1 aliphatic rings. The largest absolute Gasteiger partial charge is 0.465 e. The van der Waals surface area contributed by atoms with Crippen molar-refractivity contribution in [2.24, 2.45) is 5.92 Å². The van der Waals surface area contributed by atoms with Gasteiger partial charge in [-0.15, -0.1) is 0 Å². The van der Waals surface area contributed by atoms with Crippen LogP contribution >= 0.6 is 0 Å². The molecular weight excluding hydrogens is 879 g/mol. The quantitative estimate of drug-likeness (QED) is 0.0395. The van der Waals surface area contributed by atoms with E-state index >= 15 is 0 Å². The van der Waals surface area contributed by atoms with Crippen LogP contribution in [-0.4, -0.2) is 64.1 Å².